The van der Waals surface area contributed by atoms with Gasteiger partial charge in [0.05, 0.1) is 23.3 Å². The van der Waals surface area contributed by atoms with Gasteiger partial charge in [-0.05, 0) is 38.0 Å². The van der Waals surface area contributed by atoms with Gasteiger partial charge in [-0.2, -0.15) is 0 Å². The van der Waals surface area contributed by atoms with Crippen LogP contribution in [0.2, 0.25) is 0 Å². The molecule has 0 amide bonds. The van der Waals surface area contributed by atoms with Crippen LogP contribution in [0.25, 0.3) is 21.8 Å². The zero-order valence-electron chi connectivity index (χ0n) is 19.1. The molecule has 0 aliphatic rings. The average Bonchev–Trinajstić information content (AvgIpc) is 3.05. The summed E-state index contributed by atoms with van der Waals surface area (Å²) in [5.74, 6) is 0.992. The number of rotatable bonds is 13. The first-order valence-electron chi connectivity index (χ1n) is 11.8. The number of pyridine rings is 1. The normalized spacial score (nSPS) is 11.2. The van der Waals surface area contributed by atoms with E-state index in [4.69, 9.17) is 4.74 Å². The lowest BCUT2D eigenvalue weighted by molar-refractivity contribution is 0.304. The molecule has 166 valence electrons. The van der Waals surface area contributed by atoms with Crippen molar-refractivity contribution in [2.75, 3.05) is 6.61 Å². The number of hydrogen-bond donors (Lipinski definition) is 0. The average molecular weight is 431 g/mol. The topological polar surface area (TPSA) is 27.1 Å². The molecular weight excluding hydrogens is 392 g/mol. The van der Waals surface area contributed by atoms with Crippen molar-refractivity contribution in [3.8, 4) is 5.75 Å². The number of hydrogen-bond acceptors (Lipinski definition) is 2. The molecule has 0 aliphatic heterocycles. The van der Waals surface area contributed by atoms with Crippen LogP contribution in [0.1, 0.15) is 83.7 Å². The molecule has 3 aromatic rings. The molecule has 30 heavy (non-hydrogen) atoms. The Morgan fingerprint density at radius 1 is 0.833 bits per heavy atom. The van der Waals surface area contributed by atoms with E-state index in [1.807, 2.05) is 6.20 Å². The van der Waals surface area contributed by atoms with Crippen molar-refractivity contribution in [3.05, 3.63) is 36.2 Å². The maximum atomic E-state index is 6.12. The van der Waals surface area contributed by atoms with Gasteiger partial charge in [-0.3, -0.25) is 4.98 Å². The number of aryl methyl sites for hydroxylation is 2. The van der Waals surface area contributed by atoms with Gasteiger partial charge in [0.25, 0.3) is 0 Å². The summed E-state index contributed by atoms with van der Waals surface area (Å²) in [4.78, 5) is 4.54. The molecule has 2 heterocycles. The van der Waals surface area contributed by atoms with Gasteiger partial charge in [-0.1, -0.05) is 65.2 Å². The van der Waals surface area contributed by atoms with E-state index in [0.29, 0.717) is 0 Å². The Kier molecular flexibility index (Phi) is 10.5. The Hall–Kier alpha value is -1.74. The van der Waals surface area contributed by atoms with Crippen molar-refractivity contribution in [1.82, 2.24) is 9.55 Å². The predicted octanol–water partition coefficient (Wildman–Crippen LogP) is 8.24. The molecule has 3 nitrogen and oxygen atoms in total. The maximum absolute atomic E-state index is 6.12. The number of ether oxygens (including phenoxy) is 1. The molecule has 0 spiro atoms. The largest absolute Gasteiger partial charge is 0.494 e. The lowest BCUT2D eigenvalue weighted by Gasteiger charge is -2.10. The smallest absolute Gasteiger partial charge is 0.121 e. The molecule has 4 heteroatoms. The van der Waals surface area contributed by atoms with E-state index in [9.17, 15) is 0 Å². The van der Waals surface area contributed by atoms with Crippen molar-refractivity contribution in [2.24, 2.45) is 0 Å². The Labute approximate surface area is 188 Å². The number of nitrogens with zero attached hydrogens (tertiary/aromatic N) is 2. The highest BCUT2D eigenvalue weighted by Gasteiger charge is 2.13. The van der Waals surface area contributed by atoms with Gasteiger partial charge in [0.15, 0.2) is 0 Å². The second kappa shape index (κ2) is 12.8. The Bertz CT molecular complexity index is 903. The first-order valence-corrected chi connectivity index (χ1v) is 11.8. The predicted molar refractivity (Wildman–Crippen MR) is 132 cm³/mol. The number of benzene rings is 1. The van der Waals surface area contributed by atoms with Gasteiger partial charge in [-0.15, -0.1) is 12.4 Å². The summed E-state index contributed by atoms with van der Waals surface area (Å²) in [6, 6.07) is 8.73. The van der Waals surface area contributed by atoms with Crippen LogP contribution in [-0.4, -0.2) is 16.2 Å². The van der Waals surface area contributed by atoms with Crippen LogP contribution in [0.4, 0.5) is 0 Å². The Morgan fingerprint density at radius 3 is 2.27 bits per heavy atom. The highest BCUT2D eigenvalue weighted by atomic mass is 35.5. The molecule has 2 aromatic heterocycles. The SMILES string of the molecule is CCCCCCCCCCOc1ccc2c3ccnc(C)c3n(CCCC)c2c1.Cl. The molecule has 3 rings (SSSR count). The zero-order chi connectivity index (χ0) is 20.5. The highest BCUT2D eigenvalue weighted by Crippen LogP contribution is 2.33. The van der Waals surface area contributed by atoms with E-state index in [0.717, 1.165) is 31.0 Å². The molecule has 0 unspecified atom stereocenters. The van der Waals surface area contributed by atoms with Gasteiger partial charge < -0.3 is 9.30 Å². The summed E-state index contributed by atoms with van der Waals surface area (Å²) in [6.45, 7) is 8.48. The molecule has 0 radical (unpaired) electrons. The standard InChI is InChI=1S/C26H38N2O.ClH/c1-4-6-8-9-10-11-12-13-19-29-22-14-15-23-24-16-17-27-21(3)26(24)28(18-7-5-2)25(23)20-22;/h14-17,20H,4-13,18-19H2,1-3H3;1H. The second-order valence-electron chi connectivity index (χ2n) is 8.30. The van der Waals surface area contributed by atoms with Crippen LogP contribution < -0.4 is 4.74 Å². The van der Waals surface area contributed by atoms with E-state index < -0.39 is 0 Å². The third-order valence-electron chi connectivity index (χ3n) is 5.93. The van der Waals surface area contributed by atoms with Crippen LogP contribution >= 0.6 is 12.4 Å². The minimum absolute atomic E-state index is 0. The van der Waals surface area contributed by atoms with E-state index in [1.165, 1.54) is 79.6 Å². The van der Waals surface area contributed by atoms with Crippen molar-refractivity contribution in [3.63, 3.8) is 0 Å². The van der Waals surface area contributed by atoms with E-state index in [2.05, 4.69) is 54.6 Å². The fourth-order valence-corrected chi connectivity index (χ4v) is 4.26. The minimum atomic E-state index is 0. The molecule has 0 saturated heterocycles. The minimum Gasteiger partial charge on any atom is -0.494 e. The molecule has 0 saturated carbocycles. The van der Waals surface area contributed by atoms with Gasteiger partial charge >= 0.3 is 0 Å². The molecule has 0 fully saturated rings. The quantitative estimate of drug-likeness (QED) is 0.255. The van der Waals surface area contributed by atoms with Crippen LogP contribution in [0, 0.1) is 6.92 Å². The Balaban J connectivity index is 0.00000320. The van der Waals surface area contributed by atoms with Gasteiger partial charge in [0.2, 0.25) is 0 Å². The molecular formula is C26H39ClN2O. The summed E-state index contributed by atoms with van der Waals surface area (Å²) in [6.07, 6.45) is 14.9. The van der Waals surface area contributed by atoms with E-state index in [1.54, 1.807) is 0 Å². The van der Waals surface area contributed by atoms with Gasteiger partial charge in [0, 0.05) is 29.6 Å². The van der Waals surface area contributed by atoms with Crippen molar-refractivity contribution < 1.29 is 4.74 Å². The second-order valence-corrected chi connectivity index (χ2v) is 8.30. The monoisotopic (exact) mass is 430 g/mol. The van der Waals surface area contributed by atoms with Crippen LogP contribution in [0.3, 0.4) is 0 Å². The molecule has 1 aromatic carbocycles. The summed E-state index contributed by atoms with van der Waals surface area (Å²) < 4.78 is 8.56. The summed E-state index contributed by atoms with van der Waals surface area (Å²) in [7, 11) is 0. The first kappa shape index (κ1) is 24.5. The number of fused-ring (bicyclic) bond motifs is 3. The van der Waals surface area contributed by atoms with Crippen LogP contribution in [-0.2, 0) is 6.54 Å². The molecule has 0 bridgehead atoms. The van der Waals surface area contributed by atoms with Crippen molar-refractivity contribution in [1.29, 1.82) is 0 Å². The van der Waals surface area contributed by atoms with Crippen molar-refractivity contribution >= 4 is 34.2 Å². The van der Waals surface area contributed by atoms with Gasteiger partial charge in [-0.25, -0.2) is 0 Å². The first-order chi connectivity index (χ1) is 14.3. The lowest BCUT2D eigenvalue weighted by atomic mass is 10.1. The Morgan fingerprint density at radius 2 is 1.53 bits per heavy atom. The fourth-order valence-electron chi connectivity index (χ4n) is 4.26. The zero-order valence-corrected chi connectivity index (χ0v) is 19.9. The maximum Gasteiger partial charge on any atom is 0.121 e. The molecule has 0 aliphatic carbocycles. The summed E-state index contributed by atoms with van der Waals surface area (Å²) >= 11 is 0. The number of unbranched alkanes of at least 4 members (excludes halogenated alkanes) is 8. The summed E-state index contributed by atoms with van der Waals surface area (Å²) in [5, 5.41) is 2.61. The third kappa shape index (κ3) is 6.14. The van der Waals surface area contributed by atoms with E-state index in [-0.39, 0.29) is 12.4 Å². The van der Waals surface area contributed by atoms with Gasteiger partial charge in [0.1, 0.15) is 5.75 Å². The molecule has 0 N–H and O–H groups in total. The van der Waals surface area contributed by atoms with E-state index >= 15 is 0 Å². The fraction of sp³-hybridized carbons (Fsp3) is 0.577. The number of aromatic nitrogens is 2. The third-order valence-corrected chi connectivity index (χ3v) is 5.93. The number of halogens is 1. The highest BCUT2D eigenvalue weighted by molar-refractivity contribution is 6.09. The lowest BCUT2D eigenvalue weighted by Crippen LogP contribution is -2.00. The van der Waals surface area contributed by atoms with Crippen LogP contribution in [0.5, 0.6) is 5.75 Å². The van der Waals surface area contributed by atoms with Crippen LogP contribution in [0.15, 0.2) is 30.5 Å². The van der Waals surface area contributed by atoms with Crippen molar-refractivity contribution in [2.45, 2.75) is 91.5 Å². The molecule has 0 atom stereocenters. The summed E-state index contributed by atoms with van der Waals surface area (Å²) in [5.41, 5.74) is 3.66.